The van der Waals surface area contributed by atoms with Gasteiger partial charge in [-0.3, -0.25) is 19.7 Å². The summed E-state index contributed by atoms with van der Waals surface area (Å²) >= 11 is 7.08. The van der Waals surface area contributed by atoms with Gasteiger partial charge >= 0.3 is 0 Å². The van der Waals surface area contributed by atoms with E-state index in [2.05, 4.69) is 16.7 Å². The maximum Gasteiger partial charge on any atom is 0.296 e. The minimum absolute atomic E-state index is 0.0291. The number of nitro groups is 1. The van der Waals surface area contributed by atoms with Gasteiger partial charge in [0, 0.05) is 16.3 Å². The van der Waals surface area contributed by atoms with Crippen LogP contribution in [0.2, 0.25) is 5.02 Å². The van der Waals surface area contributed by atoms with E-state index in [1.54, 1.807) is 31.2 Å². The van der Waals surface area contributed by atoms with Gasteiger partial charge in [0.05, 0.1) is 46.4 Å². The van der Waals surface area contributed by atoms with Gasteiger partial charge in [-0.15, -0.1) is 0 Å². The molecular formula is C24H21ClN4O5S. The molecule has 2 aromatic carbocycles. The highest BCUT2D eigenvalue weighted by Gasteiger charge is 2.33. The Hall–Kier alpha value is -3.81. The highest BCUT2D eigenvalue weighted by Crippen LogP contribution is 2.41. The van der Waals surface area contributed by atoms with Crippen LogP contribution in [0.5, 0.6) is 5.75 Å². The molecule has 0 bridgehead atoms. The van der Waals surface area contributed by atoms with Crippen molar-refractivity contribution in [3.63, 3.8) is 0 Å². The number of hydrogen-bond acceptors (Lipinski definition) is 8. The number of allylic oxidation sites excluding steroid dienone is 3. The summed E-state index contributed by atoms with van der Waals surface area (Å²) in [4.78, 5) is 35.8. The van der Waals surface area contributed by atoms with Crippen molar-refractivity contribution < 1.29 is 19.2 Å². The number of nitrogens with zero attached hydrogens (tertiary/aromatic N) is 2. The molecule has 1 aliphatic heterocycles. The summed E-state index contributed by atoms with van der Waals surface area (Å²) in [6.07, 6.45) is 0. The van der Waals surface area contributed by atoms with Gasteiger partial charge in [-0.2, -0.15) is 5.26 Å². The number of carbonyl (C=O) groups excluding carboxylic acids is 2. The lowest BCUT2D eigenvalue weighted by Crippen LogP contribution is -2.27. The Kier molecular flexibility index (Phi) is 8.17. The molecule has 1 aliphatic rings. The normalized spacial score (nSPS) is 15.2. The van der Waals surface area contributed by atoms with Crippen molar-refractivity contribution in [3.05, 3.63) is 85.0 Å². The van der Waals surface area contributed by atoms with Crippen LogP contribution >= 0.6 is 23.4 Å². The fourth-order valence-electron chi connectivity index (χ4n) is 3.70. The predicted octanol–water partition coefficient (Wildman–Crippen LogP) is 4.91. The average molecular weight is 513 g/mol. The van der Waals surface area contributed by atoms with Gasteiger partial charge in [0.2, 0.25) is 5.91 Å². The van der Waals surface area contributed by atoms with E-state index in [-0.39, 0.29) is 34.2 Å². The van der Waals surface area contributed by atoms with Crippen molar-refractivity contribution >= 4 is 46.4 Å². The van der Waals surface area contributed by atoms with Gasteiger partial charge in [-0.1, -0.05) is 35.5 Å². The van der Waals surface area contributed by atoms with E-state index < -0.39 is 16.7 Å². The van der Waals surface area contributed by atoms with Gasteiger partial charge in [-0.05, 0) is 43.7 Å². The largest absolute Gasteiger partial charge is 0.496 e. The Labute approximate surface area is 210 Å². The summed E-state index contributed by atoms with van der Waals surface area (Å²) < 4.78 is 5.00. The fraction of sp³-hybridized carbons (Fsp3) is 0.208. The van der Waals surface area contributed by atoms with Crippen LogP contribution in [0.1, 0.15) is 25.3 Å². The third kappa shape index (κ3) is 5.82. The summed E-state index contributed by atoms with van der Waals surface area (Å²) in [5, 5.41) is 27.9. The van der Waals surface area contributed by atoms with E-state index in [0.29, 0.717) is 26.9 Å². The number of thioether (sulfide) groups is 1. The number of amides is 1. The first kappa shape index (κ1) is 25.8. The van der Waals surface area contributed by atoms with E-state index >= 15 is 0 Å². The number of rotatable bonds is 8. The third-order valence-corrected chi connectivity index (χ3v) is 6.52. The summed E-state index contributed by atoms with van der Waals surface area (Å²) in [5.41, 5.74) is 1.76. The molecule has 1 amide bonds. The van der Waals surface area contributed by atoms with Crippen LogP contribution in [-0.2, 0) is 9.59 Å². The topological polar surface area (TPSA) is 134 Å². The van der Waals surface area contributed by atoms with Crippen LogP contribution in [0, 0.1) is 21.4 Å². The molecule has 35 heavy (non-hydrogen) atoms. The lowest BCUT2D eigenvalue weighted by molar-refractivity contribution is -0.384. The van der Waals surface area contributed by atoms with E-state index in [4.69, 9.17) is 16.3 Å². The smallest absolute Gasteiger partial charge is 0.296 e. The summed E-state index contributed by atoms with van der Waals surface area (Å²) in [7, 11) is 1.39. The molecule has 0 aromatic heterocycles. The number of nitriles is 1. The van der Waals surface area contributed by atoms with E-state index in [1.807, 2.05) is 0 Å². The Morgan fingerprint density at radius 2 is 1.97 bits per heavy atom. The number of nitro benzene ring substituents is 1. The Morgan fingerprint density at radius 1 is 1.29 bits per heavy atom. The standard InChI is InChI=1S/C24H21ClN4O5S/c1-13-22(14(2)30)23(15-4-6-16(25)7-5-15)18(11-26)24(27-13)35-12-21(31)28-19-9-8-17(34-3)10-20(19)29(32)33/h4-10,23,27H,12H2,1-3H3,(H,28,31). The molecule has 3 rings (SSSR count). The summed E-state index contributed by atoms with van der Waals surface area (Å²) in [6.45, 7) is 3.17. The lowest BCUT2D eigenvalue weighted by Gasteiger charge is -2.29. The molecule has 1 unspecified atom stereocenters. The van der Waals surface area contributed by atoms with Crippen LogP contribution in [0.3, 0.4) is 0 Å². The quantitative estimate of drug-likeness (QED) is 0.376. The number of nitrogens with one attached hydrogen (secondary N) is 2. The summed E-state index contributed by atoms with van der Waals surface area (Å²) in [5.74, 6) is -1.15. The SMILES string of the molecule is COc1ccc(NC(=O)CSC2=C(C#N)C(c3ccc(Cl)cc3)C(C(C)=O)=C(C)N2)c([N+](=O)[O-])c1. The zero-order valence-electron chi connectivity index (χ0n) is 19.0. The van der Waals surface area contributed by atoms with Crippen molar-refractivity contribution in [2.75, 3.05) is 18.2 Å². The van der Waals surface area contributed by atoms with Gasteiger partial charge in [0.25, 0.3) is 5.69 Å². The van der Waals surface area contributed by atoms with Gasteiger partial charge in [0.15, 0.2) is 5.78 Å². The molecule has 0 saturated heterocycles. The first-order valence-electron chi connectivity index (χ1n) is 10.3. The van der Waals surface area contributed by atoms with Crippen molar-refractivity contribution in [2.45, 2.75) is 19.8 Å². The van der Waals surface area contributed by atoms with Gasteiger partial charge in [-0.25, -0.2) is 0 Å². The number of ketones is 1. The highest BCUT2D eigenvalue weighted by molar-refractivity contribution is 8.03. The van der Waals surface area contributed by atoms with E-state index in [0.717, 1.165) is 11.8 Å². The Morgan fingerprint density at radius 3 is 2.54 bits per heavy atom. The molecule has 1 atom stereocenters. The number of Topliss-reactive ketones (excluding diaryl/α,β-unsaturated/α-hetero) is 1. The molecule has 180 valence electrons. The third-order valence-electron chi connectivity index (χ3n) is 5.25. The number of carbonyl (C=O) groups is 2. The predicted molar refractivity (Wildman–Crippen MR) is 134 cm³/mol. The van der Waals surface area contributed by atoms with Crippen LogP contribution in [-0.4, -0.2) is 29.5 Å². The van der Waals surface area contributed by atoms with Gasteiger partial charge < -0.3 is 15.4 Å². The molecule has 2 aromatic rings. The highest BCUT2D eigenvalue weighted by atomic mass is 35.5. The molecule has 0 saturated carbocycles. The molecule has 0 radical (unpaired) electrons. The number of anilines is 1. The van der Waals surface area contributed by atoms with Crippen LogP contribution < -0.4 is 15.4 Å². The number of benzene rings is 2. The number of hydrogen-bond donors (Lipinski definition) is 2. The molecule has 0 aliphatic carbocycles. The Balaban J connectivity index is 1.86. The number of methoxy groups -OCH3 is 1. The number of dihydropyridines is 1. The van der Waals surface area contributed by atoms with Crippen molar-refractivity contribution in [2.24, 2.45) is 0 Å². The molecule has 1 heterocycles. The van der Waals surface area contributed by atoms with Crippen LogP contribution in [0.25, 0.3) is 0 Å². The second-order valence-electron chi connectivity index (χ2n) is 7.54. The molecule has 9 nitrogen and oxygen atoms in total. The minimum atomic E-state index is -0.621. The van der Waals surface area contributed by atoms with E-state index in [9.17, 15) is 25.0 Å². The first-order valence-corrected chi connectivity index (χ1v) is 11.7. The molecule has 0 fully saturated rings. The van der Waals surface area contributed by atoms with E-state index in [1.165, 1.54) is 32.2 Å². The zero-order chi connectivity index (χ0) is 25.7. The summed E-state index contributed by atoms with van der Waals surface area (Å²) in [6, 6.07) is 13.2. The van der Waals surface area contributed by atoms with Gasteiger partial charge in [0.1, 0.15) is 11.4 Å². The fourth-order valence-corrected chi connectivity index (χ4v) is 4.72. The monoisotopic (exact) mass is 512 g/mol. The Bertz CT molecular complexity index is 1300. The zero-order valence-corrected chi connectivity index (χ0v) is 20.6. The van der Waals surface area contributed by atoms with Crippen molar-refractivity contribution in [1.29, 1.82) is 5.26 Å². The second kappa shape index (κ2) is 11.1. The maximum absolute atomic E-state index is 12.6. The minimum Gasteiger partial charge on any atom is -0.496 e. The molecule has 11 heteroatoms. The number of halogens is 1. The maximum atomic E-state index is 12.6. The average Bonchev–Trinajstić information content (AvgIpc) is 2.82. The molecule has 2 N–H and O–H groups in total. The lowest BCUT2D eigenvalue weighted by atomic mass is 9.81. The molecular weight excluding hydrogens is 492 g/mol. The van der Waals surface area contributed by atoms with Crippen LogP contribution in [0.15, 0.2) is 64.3 Å². The van der Waals surface area contributed by atoms with Crippen molar-refractivity contribution in [3.8, 4) is 11.8 Å². The molecule has 0 spiro atoms. The number of ether oxygens (including phenoxy) is 1. The second-order valence-corrected chi connectivity index (χ2v) is 8.96. The first-order chi connectivity index (χ1) is 16.7. The van der Waals surface area contributed by atoms with Crippen molar-refractivity contribution in [1.82, 2.24) is 5.32 Å². The van der Waals surface area contributed by atoms with Crippen LogP contribution in [0.4, 0.5) is 11.4 Å².